The van der Waals surface area contributed by atoms with Crippen molar-refractivity contribution in [1.29, 1.82) is 0 Å². The number of esters is 1. The average molecular weight is 270 g/mol. The van der Waals surface area contributed by atoms with E-state index in [0.717, 1.165) is 11.1 Å². The third kappa shape index (κ3) is 3.57. The number of carbonyl (C=O) groups is 1. The van der Waals surface area contributed by atoms with Crippen LogP contribution in [0.25, 0.3) is 11.1 Å². The molecule has 0 saturated carbocycles. The van der Waals surface area contributed by atoms with Crippen LogP contribution < -0.4 is 0 Å². The highest BCUT2D eigenvalue weighted by molar-refractivity contribution is 5.87. The standard InChI is InChI=1S/C16H18N2O2/c1-3-20-16(19)13(2)9-10-18-12-15(11-17-18)14-7-5-4-6-8-14/h4-8,11-12H,2-3,9-10H2,1H3. The summed E-state index contributed by atoms with van der Waals surface area (Å²) in [4.78, 5) is 11.4. The fourth-order valence-corrected chi connectivity index (χ4v) is 1.85. The molecule has 0 unspecified atom stereocenters. The van der Waals surface area contributed by atoms with Gasteiger partial charge in [0, 0.05) is 23.9 Å². The Hall–Kier alpha value is -2.36. The Morgan fingerprint density at radius 2 is 2.05 bits per heavy atom. The van der Waals surface area contributed by atoms with Crippen LogP contribution in [0.2, 0.25) is 0 Å². The van der Waals surface area contributed by atoms with Crippen molar-refractivity contribution in [3.05, 3.63) is 54.9 Å². The second-order valence-electron chi connectivity index (χ2n) is 4.43. The monoisotopic (exact) mass is 270 g/mol. The third-order valence-electron chi connectivity index (χ3n) is 2.95. The Balaban J connectivity index is 1.94. The molecule has 1 heterocycles. The first-order valence-corrected chi connectivity index (χ1v) is 6.63. The molecule has 0 fully saturated rings. The topological polar surface area (TPSA) is 44.1 Å². The first-order chi connectivity index (χ1) is 9.70. The zero-order valence-corrected chi connectivity index (χ0v) is 11.6. The van der Waals surface area contributed by atoms with Crippen LogP contribution in [0, 0.1) is 0 Å². The Labute approximate surface area is 118 Å². The minimum absolute atomic E-state index is 0.331. The van der Waals surface area contributed by atoms with E-state index in [1.807, 2.05) is 47.4 Å². The van der Waals surface area contributed by atoms with E-state index >= 15 is 0 Å². The predicted octanol–water partition coefficient (Wildman–Crippen LogP) is 3.06. The molecule has 2 aromatic rings. The number of aromatic nitrogens is 2. The highest BCUT2D eigenvalue weighted by atomic mass is 16.5. The van der Waals surface area contributed by atoms with Crippen LogP contribution in [0.5, 0.6) is 0 Å². The number of hydrogen-bond acceptors (Lipinski definition) is 3. The molecule has 0 amide bonds. The van der Waals surface area contributed by atoms with Crippen molar-refractivity contribution in [2.75, 3.05) is 6.61 Å². The molecule has 2 rings (SSSR count). The van der Waals surface area contributed by atoms with Gasteiger partial charge in [0.25, 0.3) is 0 Å². The maximum atomic E-state index is 11.4. The van der Waals surface area contributed by atoms with Crippen LogP contribution in [0.1, 0.15) is 13.3 Å². The van der Waals surface area contributed by atoms with Crippen molar-refractivity contribution in [2.45, 2.75) is 19.9 Å². The molecule has 0 aliphatic carbocycles. The van der Waals surface area contributed by atoms with Crippen LogP contribution in [0.3, 0.4) is 0 Å². The molecule has 0 aliphatic heterocycles. The highest BCUT2D eigenvalue weighted by Gasteiger charge is 2.08. The highest BCUT2D eigenvalue weighted by Crippen LogP contribution is 2.17. The molecular formula is C16H18N2O2. The molecular weight excluding hydrogens is 252 g/mol. The van der Waals surface area contributed by atoms with Crippen molar-refractivity contribution in [3.8, 4) is 11.1 Å². The van der Waals surface area contributed by atoms with Gasteiger partial charge in [0.15, 0.2) is 0 Å². The summed E-state index contributed by atoms with van der Waals surface area (Å²) in [6.45, 7) is 6.51. The van der Waals surface area contributed by atoms with E-state index in [1.54, 1.807) is 6.92 Å². The van der Waals surface area contributed by atoms with E-state index in [4.69, 9.17) is 4.74 Å². The minimum Gasteiger partial charge on any atom is -0.463 e. The minimum atomic E-state index is -0.331. The molecule has 20 heavy (non-hydrogen) atoms. The second-order valence-corrected chi connectivity index (χ2v) is 4.43. The maximum absolute atomic E-state index is 11.4. The van der Waals surface area contributed by atoms with Gasteiger partial charge in [-0.2, -0.15) is 5.10 Å². The molecule has 0 bridgehead atoms. The normalized spacial score (nSPS) is 10.2. The van der Waals surface area contributed by atoms with Crippen LogP contribution in [-0.2, 0) is 16.1 Å². The van der Waals surface area contributed by atoms with Crippen molar-refractivity contribution in [3.63, 3.8) is 0 Å². The number of rotatable bonds is 6. The van der Waals surface area contributed by atoms with E-state index in [9.17, 15) is 4.79 Å². The van der Waals surface area contributed by atoms with E-state index in [0.29, 0.717) is 25.1 Å². The quantitative estimate of drug-likeness (QED) is 0.598. The number of carbonyl (C=O) groups excluding carboxylic acids is 1. The van der Waals surface area contributed by atoms with Crippen LogP contribution >= 0.6 is 0 Å². The summed E-state index contributed by atoms with van der Waals surface area (Å²) in [5.41, 5.74) is 2.67. The second kappa shape index (κ2) is 6.70. The van der Waals surface area contributed by atoms with Crippen molar-refractivity contribution in [2.24, 2.45) is 0 Å². The van der Waals surface area contributed by atoms with E-state index in [-0.39, 0.29) is 5.97 Å². The summed E-state index contributed by atoms with van der Waals surface area (Å²) in [7, 11) is 0. The van der Waals surface area contributed by atoms with Gasteiger partial charge in [0.05, 0.1) is 12.8 Å². The fraction of sp³-hybridized carbons (Fsp3) is 0.250. The van der Waals surface area contributed by atoms with Crippen molar-refractivity contribution < 1.29 is 9.53 Å². The molecule has 4 heteroatoms. The Morgan fingerprint density at radius 1 is 1.30 bits per heavy atom. The predicted molar refractivity (Wildman–Crippen MR) is 78.1 cm³/mol. The first kappa shape index (κ1) is 14.1. The third-order valence-corrected chi connectivity index (χ3v) is 2.95. The Kier molecular flexibility index (Phi) is 4.71. The van der Waals surface area contributed by atoms with Gasteiger partial charge in [-0.05, 0) is 18.9 Å². The summed E-state index contributed by atoms with van der Waals surface area (Å²) in [5, 5.41) is 4.29. The lowest BCUT2D eigenvalue weighted by atomic mass is 10.1. The number of nitrogens with zero attached hydrogens (tertiary/aromatic N) is 2. The molecule has 0 spiro atoms. The summed E-state index contributed by atoms with van der Waals surface area (Å²) in [6, 6.07) is 10.1. The van der Waals surface area contributed by atoms with Gasteiger partial charge in [0.2, 0.25) is 0 Å². The van der Waals surface area contributed by atoms with E-state index in [1.165, 1.54) is 0 Å². The Morgan fingerprint density at radius 3 is 2.75 bits per heavy atom. The number of aryl methyl sites for hydroxylation is 1. The van der Waals surface area contributed by atoms with Crippen LogP contribution in [0.4, 0.5) is 0 Å². The van der Waals surface area contributed by atoms with Crippen LogP contribution in [-0.4, -0.2) is 22.4 Å². The lowest BCUT2D eigenvalue weighted by Crippen LogP contribution is -2.09. The largest absolute Gasteiger partial charge is 0.463 e. The maximum Gasteiger partial charge on any atom is 0.333 e. The zero-order chi connectivity index (χ0) is 14.4. The number of ether oxygens (including phenoxy) is 1. The number of benzene rings is 1. The van der Waals surface area contributed by atoms with Gasteiger partial charge in [-0.25, -0.2) is 4.79 Å². The Bertz CT molecular complexity index is 588. The van der Waals surface area contributed by atoms with Crippen molar-refractivity contribution >= 4 is 5.97 Å². The van der Waals surface area contributed by atoms with E-state index in [2.05, 4.69) is 11.7 Å². The molecule has 1 aromatic carbocycles. The van der Waals surface area contributed by atoms with Gasteiger partial charge in [-0.3, -0.25) is 4.68 Å². The number of hydrogen-bond donors (Lipinski definition) is 0. The SMILES string of the molecule is C=C(CCn1cc(-c2ccccc2)cn1)C(=O)OCC. The zero-order valence-electron chi connectivity index (χ0n) is 11.6. The summed E-state index contributed by atoms with van der Waals surface area (Å²) >= 11 is 0. The van der Waals surface area contributed by atoms with Crippen molar-refractivity contribution in [1.82, 2.24) is 9.78 Å². The van der Waals surface area contributed by atoms with E-state index < -0.39 is 0 Å². The van der Waals surface area contributed by atoms with Gasteiger partial charge in [-0.15, -0.1) is 0 Å². The molecule has 0 N–H and O–H groups in total. The smallest absolute Gasteiger partial charge is 0.333 e. The molecule has 0 saturated heterocycles. The summed E-state index contributed by atoms with van der Waals surface area (Å²) < 4.78 is 6.71. The molecule has 4 nitrogen and oxygen atoms in total. The van der Waals surface area contributed by atoms with Gasteiger partial charge < -0.3 is 4.74 Å². The first-order valence-electron chi connectivity index (χ1n) is 6.63. The molecule has 0 atom stereocenters. The lowest BCUT2D eigenvalue weighted by molar-refractivity contribution is -0.138. The fourth-order valence-electron chi connectivity index (χ4n) is 1.85. The van der Waals surface area contributed by atoms with Crippen LogP contribution in [0.15, 0.2) is 54.9 Å². The summed E-state index contributed by atoms with van der Waals surface area (Å²) in [5.74, 6) is -0.331. The molecule has 0 aliphatic rings. The average Bonchev–Trinajstić information content (AvgIpc) is 2.95. The molecule has 0 radical (unpaired) electrons. The summed E-state index contributed by atoms with van der Waals surface area (Å²) in [6.07, 6.45) is 4.32. The van der Waals surface area contributed by atoms with Gasteiger partial charge >= 0.3 is 5.97 Å². The molecule has 1 aromatic heterocycles. The van der Waals surface area contributed by atoms with Gasteiger partial charge in [-0.1, -0.05) is 36.9 Å². The van der Waals surface area contributed by atoms with Gasteiger partial charge in [0.1, 0.15) is 0 Å². The lowest BCUT2D eigenvalue weighted by Gasteiger charge is -2.05. The molecule has 104 valence electrons.